The highest BCUT2D eigenvalue weighted by Crippen LogP contribution is 2.19. The van der Waals surface area contributed by atoms with E-state index >= 15 is 0 Å². The fraction of sp³-hybridized carbons (Fsp3) is 0.562. The van der Waals surface area contributed by atoms with Gasteiger partial charge in [-0.15, -0.1) is 0 Å². The predicted octanol–water partition coefficient (Wildman–Crippen LogP) is 2.66. The molecule has 4 nitrogen and oxygen atoms in total. The lowest BCUT2D eigenvalue weighted by molar-refractivity contribution is 0.0941. The molecule has 0 unspecified atom stereocenters. The third-order valence-corrected chi connectivity index (χ3v) is 4.05. The Kier molecular flexibility index (Phi) is 5.01. The Morgan fingerprint density at radius 3 is 2.70 bits per heavy atom. The van der Waals surface area contributed by atoms with Crippen LogP contribution in [0.2, 0.25) is 0 Å². The van der Waals surface area contributed by atoms with Crippen molar-refractivity contribution in [1.29, 1.82) is 0 Å². The molecule has 0 aromatic heterocycles. The average Bonchev–Trinajstić information content (AvgIpc) is 2.41. The summed E-state index contributed by atoms with van der Waals surface area (Å²) in [6.45, 7) is 4.01. The van der Waals surface area contributed by atoms with E-state index in [0.717, 1.165) is 36.8 Å². The molecule has 3 atom stereocenters. The van der Waals surface area contributed by atoms with Gasteiger partial charge in [0, 0.05) is 0 Å². The van der Waals surface area contributed by atoms with Gasteiger partial charge < -0.3 is 15.7 Å². The number of hydrogen-bond donors (Lipinski definition) is 3. The molecule has 1 aromatic rings. The van der Waals surface area contributed by atoms with Crippen LogP contribution < -0.4 is 10.6 Å². The zero-order valence-corrected chi connectivity index (χ0v) is 12.2. The maximum absolute atomic E-state index is 12.0. The third-order valence-electron chi connectivity index (χ3n) is 4.05. The Balaban J connectivity index is 1.89. The van der Waals surface area contributed by atoms with Crippen LogP contribution in [-0.2, 0) is 0 Å². The van der Waals surface area contributed by atoms with Gasteiger partial charge in [0.05, 0.1) is 18.2 Å². The molecule has 0 radical (unpaired) electrons. The number of aliphatic hydroxyl groups excluding tert-OH is 1. The van der Waals surface area contributed by atoms with Crippen LogP contribution in [0, 0.1) is 6.92 Å². The lowest BCUT2D eigenvalue weighted by atomic mass is 9.93. The van der Waals surface area contributed by atoms with E-state index < -0.39 is 6.10 Å². The molecule has 1 saturated carbocycles. The number of aryl methyl sites for hydroxylation is 1. The normalized spacial score (nSPS) is 23.9. The zero-order valence-electron chi connectivity index (χ0n) is 12.2. The molecular weight excluding hydrogens is 252 g/mol. The summed E-state index contributed by atoms with van der Waals surface area (Å²) in [5.74, 6) is 0. The number of aliphatic hydroxyl groups is 1. The first-order valence-electron chi connectivity index (χ1n) is 7.38. The molecular formula is C16H24N2O2. The number of rotatable bonds is 3. The number of amides is 2. The summed E-state index contributed by atoms with van der Waals surface area (Å²) in [6.07, 6.45) is 3.32. The van der Waals surface area contributed by atoms with E-state index in [2.05, 4.69) is 10.6 Å². The molecule has 0 aliphatic heterocycles. The summed E-state index contributed by atoms with van der Waals surface area (Å²) in [6, 6.07) is 7.66. The lowest BCUT2D eigenvalue weighted by Gasteiger charge is -2.29. The zero-order chi connectivity index (χ0) is 14.5. The first kappa shape index (κ1) is 14.9. The molecule has 20 heavy (non-hydrogen) atoms. The second-order valence-electron chi connectivity index (χ2n) is 5.65. The highest BCUT2D eigenvalue weighted by atomic mass is 16.3. The van der Waals surface area contributed by atoms with Crippen molar-refractivity contribution < 1.29 is 9.90 Å². The Labute approximate surface area is 120 Å². The molecule has 0 spiro atoms. The van der Waals surface area contributed by atoms with E-state index in [9.17, 15) is 9.90 Å². The lowest BCUT2D eigenvalue weighted by Crippen LogP contribution is -2.49. The minimum Gasteiger partial charge on any atom is -0.391 e. The molecule has 110 valence electrons. The number of nitrogens with one attached hydrogen (secondary N) is 2. The number of carbonyl (C=O) groups excluding carboxylic acids is 1. The van der Waals surface area contributed by atoms with Gasteiger partial charge in [0.2, 0.25) is 0 Å². The van der Waals surface area contributed by atoms with Crippen molar-refractivity contribution in [2.45, 2.75) is 57.7 Å². The number of carbonyl (C=O) groups is 1. The number of hydrogen-bond acceptors (Lipinski definition) is 2. The van der Waals surface area contributed by atoms with Crippen LogP contribution in [0.3, 0.4) is 0 Å². The molecule has 4 heteroatoms. The first-order chi connectivity index (χ1) is 9.58. The van der Waals surface area contributed by atoms with Crippen LogP contribution in [0.1, 0.15) is 49.8 Å². The van der Waals surface area contributed by atoms with Crippen LogP contribution in [0.4, 0.5) is 4.79 Å². The van der Waals surface area contributed by atoms with E-state index in [1.165, 1.54) is 0 Å². The van der Waals surface area contributed by atoms with E-state index in [0.29, 0.717) is 0 Å². The van der Waals surface area contributed by atoms with Gasteiger partial charge in [0.15, 0.2) is 0 Å². The molecule has 1 aromatic carbocycles. The summed E-state index contributed by atoms with van der Waals surface area (Å²) in [4.78, 5) is 12.0. The minimum atomic E-state index is -0.414. The second-order valence-corrected chi connectivity index (χ2v) is 5.65. The maximum Gasteiger partial charge on any atom is 0.315 e. The first-order valence-corrected chi connectivity index (χ1v) is 7.38. The van der Waals surface area contributed by atoms with Gasteiger partial charge in [-0.2, -0.15) is 0 Å². The fourth-order valence-corrected chi connectivity index (χ4v) is 2.84. The molecule has 0 heterocycles. The van der Waals surface area contributed by atoms with Gasteiger partial charge in [0.25, 0.3) is 0 Å². The van der Waals surface area contributed by atoms with Crippen LogP contribution >= 0.6 is 0 Å². The molecule has 2 amide bonds. The molecule has 0 bridgehead atoms. The van der Waals surface area contributed by atoms with Crippen LogP contribution in [0.15, 0.2) is 24.3 Å². The highest BCUT2D eigenvalue weighted by Gasteiger charge is 2.24. The predicted molar refractivity (Wildman–Crippen MR) is 79.5 cm³/mol. The van der Waals surface area contributed by atoms with Crippen molar-refractivity contribution in [3.63, 3.8) is 0 Å². The van der Waals surface area contributed by atoms with Crippen LogP contribution in [0.25, 0.3) is 0 Å². The van der Waals surface area contributed by atoms with Crippen LogP contribution in [-0.4, -0.2) is 23.3 Å². The Morgan fingerprint density at radius 2 is 2.00 bits per heavy atom. The van der Waals surface area contributed by atoms with Gasteiger partial charge >= 0.3 is 6.03 Å². The third kappa shape index (κ3) is 3.73. The van der Waals surface area contributed by atoms with Gasteiger partial charge in [-0.3, -0.25) is 0 Å². The second kappa shape index (κ2) is 6.75. The summed E-state index contributed by atoms with van der Waals surface area (Å²) >= 11 is 0. The number of urea groups is 1. The maximum atomic E-state index is 12.0. The van der Waals surface area contributed by atoms with Gasteiger partial charge in [-0.1, -0.05) is 37.1 Å². The summed E-state index contributed by atoms with van der Waals surface area (Å²) < 4.78 is 0. The largest absolute Gasteiger partial charge is 0.391 e. The smallest absolute Gasteiger partial charge is 0.315 e. The Bertz CT molecular complexity index is 462. The highest BCUT2D eigenvalue weighted by molar-refractivity contribution is 5.74. The van der Waals surface area contributed by atoms with Gasteiger partial charge in [-0.05, 0) is 37.8 Å². The summed E-state index contributed by atoms with van der Waals surface area (Å²) in [5, 5.41) is 15.7. The Morgan fingerprint density at radius 1 is 1.30 bits per heavy atom. The molecule has 1 aliphatic carbocycles. The minimum absolute atomic E-state index is 0.0445. The topological polar surface area (TPSA) is 61.4 Å². The molecule has 3 N–H and O–H groups in total. The van der Waals surface area contributed by atoms with Crippen molar-refractivity contribution in [3.05, 3.63) is 35.4 Å². The molecule has 0 saturated heterocycles. The number of benzene rings is 1. The fourth-order valence-electron chi connectivity index (χ4n) is 2.84. The van der Waals surface area contributed by atoms with E-state index in [4.69, 9.17) is 0 Å². The van der Waals surface area contributed by atoms with Crippen molar-refractivity contribution in [1.82, 2.24) is 10.6 Å². The quantitative estimate of drug-likeness (QED) is 0.795. The van der Waals surface area contributed by atoms with E-state index in [1.807, 2.05) is 38.1 Å². The van der Waals surface area contributed by atoms with Gasteiger partial charge in [-0.25, -0.2) is 4.79 Å². The van der Waals surface area contributed by atoms with Crippen LogP contribution in [0.5, 0.6) is 0 Å². The molecule has 2 rings (SSSR count). The van der Waals surface area contributed by atoms with E-state index in [-0.39, 0.29) is 18.1 Å². The molecule has 1 aliphatic rings. The standard InChI is InChI=1S/C16H24N2O2/c1-11-7-3-4-8-13(11)12(2)17-16(20)18-14-9-5-6-10-15(14)19/h3-4,7-8,12,14-15,19H,5-6,9-10H2,1-2H3,(H2,17,18,20)/t12-,14-,15-/m0/s1. The van der Waals surface area contributed by atoms with Crippen molar-refractivity contribution in [3.8, 4) is 0 Å². The Hall–Kier alpha value is -1.55. The van der Waals surface area contributed by atoms with Gasteiger partial charge in [0.1, 0.15) is 0 Å². The summed E-state index contributed by atoms with van der Waals surface area (Å²) in [7, 11) is 0. The monoisotopic (exact) mass is 276 g/mol. The SMILES string of the molecule is Cc1ccccc1[C@H](C)NC(=O)N[C@H]1CCCC[C@@H]1O. The van der Waals surface area contributed by atoms with Crippen molar-refractivity contribution in [2.24, 2.45) is 0 Å². The van der Waals surface area contributed by atoms with Crippen molar-refractivity contribution >= 4 is 6.03 Å². The van der Waals surface area contributed by atoms with Crippen molar-refractivity contribution in [2.75, 3.05) is 0 Å². The molecule has 1 fully saturated rings. The average molecular weight is 276 g/mol. The van der Waals surface area contributed by atoms with E-state index in [1.54, 1.807) is 0 Å². The summed E-state index contributed by atoms with van der Waals surface area (Å²) in [5.41, 5.74) is 2.28.